The normalized spacial score (nSPS) is 19.9. The summed E-state index contributed by atoms with van der Waals surface area (Å²) in [6, 6.07) is 6.49. The van der Waals surface area contributed by atoms with Gasteiger partial charge < -0.3 is 10.6 Å². The summed E-state index contributed by atoms with van der Waals surface area (Å²) in [5.74, 6) is 0.849. The fraction of sp³-hybridized carbons (Fsp3) is 0.588. The molecule has 1 fully saturated rings. The number of hydrogen-bond acceptors (Lipinski definition) is 2. The van der Waals surface area contributed by atoms with Crippen molar-refractivity contribution in [2.24, 2.45) is 5.92 Å². The summed E-state index contributed by atoms with van der Waals surface area (Å²) in [5.41, 5.74) is 3.70. The van der Waals surface area contributed by atoms with Crippen molar-refractivity contribution in [1.82, 2.24) is 10.6 Å². The summed E-state index contributed by atoms with van der Waals surface area (Å²) in [5, 5.41) is 6.47. The summed E-state index contributed by atoms with van der Waals surface area (Å²) in [6.45, 7) is 8.42. The minimum Gasteiger partial charge on any atom is -0.350 e. The molecule has 1 aromatic rings. The number of benzene rings is 1. The van der Waals surface area contributed by atoms with E-state index < -0.39 is 0 Å². The Kier molecular flexibility index (Phi) is 5.18. The summed E-state index contributed by atoms with van der Waals surface area (Å²) in [7, 11) is 0. The maximum Gasteiger partial charge on any atom is 0.220 e. The highest BCUT2D eigenvalue weighted by molar-refractivity contribution is 5.76. The number of nitrogens with one attached hydrogen (secondary N) is 2. The smallest absolute Gasteiger partial charge is 0.220 e. The molecule has 0 spiro atoms. The zero-order valence-corrected chi connectivity index (χ0v) is 12.8. The number of carbonyl (C=O) groups excluding carboxylic acids is 1. The average molecular weight is 274 g/mol. The molecule has 110 valence electrons. The Balaban J connectivity index is 1.85. The quantitative estimate of drug-likeness (QED) is 0.867. The van der Waals surface area contributed by atoms with Gasteiger partial charge in [0.25, 0.3) is 0 Å². The number of amides is 1. The molecule has 0 aromatic heterocycles. The lowest BCUT2D eigenvalue weighted by Gasteiger charge is -2.18. The highest BCUT2D eigenvalue weighted by atomic mass is 16.1. The Morgan fingerprint density at radius 3 is 2.95 bits per heavy atom. The van der Waals surface area contributed by atoms with Crippen LogP contribution in [0.5, 0.6) is 0 Å². The molecule has 2 rings (SSSR count). The summed E-state index contributed by atoms with van der Waals surface area (Å²) < 4.78 is 0. The predicted molar refractivity (Wildman–Crippen MR) is 82.7 cm³/mol. The number of rotatable bonds is 5. The largest absolute Gasteiger partial charge is 0.350 e. The van der Waals surface area contributed by atoms with Crippen molar-refractivity contribution >= 4 is 5.91 Å². The monoisotopic (exact) mass is 274 g/mol. The average Bonchev–Trinajstić information content (AvgIpc) is 2.92. The maximum atomic E-state index is 12.0. The van der Waals surface area contributed by atoms with Crippen LogP contribution in [0.1, 0.15) is 48.9 Å². The molecule has 0 bridgehead atoms. The predicted octanol–water partition coefficient (Wildman–Crippen LogP) is 2.87. The van der Waals surface area contributed by atoms with Crippen LogP contribution in [0.15, 0.2) is 18.2 Å². The van der Waals surface area contributed by atoms with Crippen LogP contribution in [-0.2, 0) is 4.79 Å². The van der Waals surface area contributed by atoms with Gasteiger partial charge >= 0.3 is 0 Å². The Labute approximate surface area is 122 Å². The first-order chi connectivity index (χ1) is 9.56. The van der Waals surface area contributed by atoms with E-state index in [2.05, 4.69) is 49.6 Å². The van der Waals surface area contributed by atoms with Crippen LogP contribution in [0.2, 0.25) is 0 Å². The van der Waals surface area contributed by atoms with E-state index in [-0.39, 0.29) is 11.9 Å². The van der Waals surface area contributed by atoms with E-state index in [1.807, 2.05) is 0 Å². The van der Waals surface area contributed by atoms with Crippen molar-refractivity contribution in [2.75, 3.05) is 13.1 Å². The molecule has 1 aromatic carbocycles. The van der Waals surface area contributed by atoms with E-state index in [9.17, 15) is 4.79 Å². The van der Waals surface area contributed by atoms with Gasteiger partial charge in [0, 0.05) is 6.42 Å². The second-order valence-electron chi connectivity index (χ2n) is 6.05. The first kappa shape index (κ1) is 15.0. The molecule has 2 atom stereocenters. The molecule has 2 N–H and O–H groups in total. The van der Waals surface area contributed by atoms with Gasteiger partial charge in [-0.2, -0.15) is 0 Å². The van der Waals surface area contributed by atoms with Crippen molar-refractivity contribution in [3.8, 4) is 0 Å². The maximum absolute atomic E-state index is 12.0. The number of aryl methyl sites for hydroxylation is 2. The van der Waals surface area contributed by atoms with Crippen molar-refractivity contribution < 1.29 is 4.79 Å². The van der Waals surface area contributed by atoms with Crippen LogP contribution in [0, 0.1) is 19.8 Å². The van der Waals surface area contributed by atoms with E-state index in [0.29, 0.717) is 12.3 Å². The minimum absolute atomic E-state index is 0.0871. The van der Waals surface area contributed by atoms with Gasteiger partial charge in [0.05, 0.1) is 6.04 Å². The van der Waals surface area contributed by atoms with Crippen LogP contribution >= 0.6 is 0 Å². The fourth-order valence-electron chi connectivity index (χ4n) is 2.91. The molecular formula is C17H26N2O. The SMILES string of the molecule is Cc1ccc(C)c(C(C)NC(=O)CCC2CCNC2)c1. The topological polar surface area (TPSA) is 41.1 Å². The van der Waals surface area contributed by atoms with Crippen LogP contribution in [0.25, 0.3) is 0 Å². The molecule has 0 aliphatic carbocycles. The van der Waals surface area contributed by atoms with Gasteiger partial charge in [-0.25, -0.2) is 0 Å². The molecule has 20 heavy (non-hydrogen) atoms. The molecule has 1 heterocycles. The van der Waals surface area contributed by atoms with Gasteiger partial charge in [-0.05, 0) is 63.7 Å². The Morgan fingerprint density at radius 1 is 1.45 bits per heavy atom. The Hall–Kier alpha value is -1.35. The number of carbonyl (C=O) groups is 1. The van der Waals surface area contributed by atoms with E-state index in [0.717, 1.165) is 19.5 Å². The Morgan fingerprint density at radius 2 is 2.25 bits per heavy atom. The minimum atomic E-state index is 0.0871. The second-order valence-corrected chi connectivity index (χ2v) is 6.05. The van der Waals surface area contributed by atoms with Crippen molar-refractivity contribution in [2.45, 2.75) is 46.1 Å². The molecule has 1 saturated heterocycles. The molecular weight excluding hydrogens is 248 g/mol. The molecule has 1 aliphatic heterocycles. The third-order valence-corrected chi connectivity index (χ3v) is 4.22. The fourth-order valence-corrected chi connectivity index (χ4v) is 2.91. The summed E-state index contributed by atoms with van der Waals surface area (Å²) in [6.07, 6.45) is 2.85. The van der Waals surface area contributed by atoms with Crippen molar-refractivity contribution in [1.29, 1.82) is 0 Å². The lowest BCUT2D eigenvalue weighted by atomic mass is 9.99. The zero-order valence-electron chi connectivity index (χ0n) is 12.8. The molecule has 0 radical (unpaired) electrons. The van der Waals surface area contributed by atoms with Gasteiger partial charge in [-0.1, -0.05) is 23.8 Å². The second kappa shape index (κ2) is 6.89. The van der Waals surface area contributed by atoms with Gasteiger partial charge in [0.15, 0.2) is 0 Å². The first-order valence-electron chi connectivity index (χ1n) is 7.63. The van der Waals surface area contributed by atoms with E-state index >= 15 is 0 Å². The highest BCUT2D eigenvalue weighted by Gasteiger charge is 2.17. The lowest BCUT2D eigenvalue weighted by molar-refractivity contribution is -0.122. The molecule has 1 amide bonds. The zero-order chi connectivity index (χ0) is 14.5. The van der Waals surface area contributed by atoms with Gasteiger partial charge in [0.2, 0.25) is 5.91 Å². The molecule has 3 heteroatoms. The van der Waals surface area contributed by atoms with Gasteiger partial charge in [0.1, 0.15) is 0 Å². The van der Waals surface area contributed by atoms with E-state index in [1.54, 1.807) is 0 Å². The van der Waals surface area contributed by atoms with Crippen LogP contribution in [0.4, 0.5) is 0 Å². The van der Waals surface area contributed by atoms with Crippen LogP contribution in [0.3, 0.4) is 0 Å². The van der Waals surface area contributed by atoms with E-state index in [4.69, 9.17) is 0 Å². The first-order valence-corrected chi connectivity index (χ1v) is 7.63. The lowest BCUT2D eigenvalue weighted by Crippen LogP contribution is -2.27. The van der Waals surface area contributed by atoms with Gasteiger partial charge in [-0.3, -0.25) is 4.79 Å². The third kappa shape index (κ3) is 4.07. The van der Waals surface area contributed by atoms with Crippen LogP contribution in [-0.4, -0.2) is 19.0 Å². The standard InChI is InChI=1S/C17H26N2O/c1-12-4-5-13(2)16(10-12)14(3)19-17(20)7-6-15-8-9-18-11-15/h4-5,10,14-15,18H,6-9,11H2,1-3H3,(H,19,20). The van der Waals surface area contributed by atoms with Crippen molar-refractivity contribution in [3.63, 3.8) is 0 Å². The van der Waals surface area contributed by atoms with E-state index in [1.165, 1.54) is 23.1 Å². The summed E-state index contributed by atoms with van der Waals surface area (Å²) in [4.78, 5) is 12.0. The Bertz CT molecular complexity index is 464. The molecule has 1 aliphatic rings. The number of hydrogen-bond donors (Lipinski definition) is 2. The molecule has 0 saturated carbocycles. The molecule has 3 nitrogen and oxygen atoms in total. The van der Waals surface area contributed by atoms with Crippen molar-refractivity contribution in [3.05, 3.63) is 34.9 Å². The third-order valence-electron chi connectivity index (χ3n) is 4.22. The highest BCUT2D eigenvalue weighted by Crippen LogP contribution is 2.20. The molecule has 2 unspecified atom stereocenters. The summed E-state index contributed by atoms with van der Waals surface area (Å²) >= 11 is 0. The van der Waals surface area contributed by atoms with Crippen LogP contribution < -0.4 is 10.6 Å². The van der Waals surface area contributed by atoms with Gasteiger partial charge in [-0.15, -0.1) is 0 Å².